The minimum Gasteiger partial charge on any atom is -0.469 e. The van der Waals surface area contributed by atoms with Crippen molar-refractivity contribution in [1.29, 1.82) is 0 Å². The lowest BCUT2D eigenvalue weighted by molar-refractivity contribution is -0.140. The van der Waals surface area contributed by atoms with Gasteiger partial charge in [0.1, 0.15) is 5.82 Å². The van der Waals surface area contributed by atoms with Gasteiger partial charge < -0.3 is 29.4 Å². The fourth-order valence-electron chi connectivity index (χ4n) is 3.34. The fourth-order valence-corrected chi connectivity index (χ4v) is 4.00. The molecular weight excluding hydrogens is 510 g/mol. The number of hydrogen-bond acceptors (Lipinski definition) is 11. The Morgan fingerprint density at radius 2 is 1.95 bits per heavy atom. The summed E-state index contributed by atoms with van der Waals surface area (Å²) in [5, 5.41) is 15.9. The van der Waals surface area contributed by atoms with E-state index >= 15 is 0 Å². The molecule has 202 valence electrons. The quantitative estimate of drug-likeness (QED) is 0.235. The number of nitrogens with zero attached hydrogens (tertiary/aromatic N) is 3. The van der Waals surface area contributed by atoms with Gasteiger partial charge in [-0.3, -0.25) is 9.16 Å². The normalized spacial score (nSPS) is 12.4. The monoisotopic (exact) mass is 540 g/mol. The van der Waals surface area contributed by atoms with E-state index in [-0.39, 0.29) is 31.6 Å². The van der Waals surface area contributed by atoms with Crippen LogP contribution in [0.25, 0.3) is 11.1 Å². The molecule has 0 bridgehead atoms. The number of rotatable bonds is 11. The van der Waals surface area contributed by atoms with Crippen molar-refractivity contribution < 1.29 is 28.4 Å². The number of carbonyl (C=O) groups is 2. The third kappa shape index (κ3) is 8.25. The van der Waals surface area contributed by atoms with E-state index in [4.69, 9.17) is 4.74 Å². The Labute approximate surface area is 222 Å². The molecule has 0 saturated carbocycles. The Kier molecular flexibility index (Phi) is 10.6. The maximum atomic E-state index is 12.2. The lowest BCUT2D eigenvalue weighted by Gasteiger charge is -2.17. The number of aliphatic hydroxyl groups excluding tert-OH is 1. The summed E-state index contributed by atoms with van der Waals surface area (Å²) >= 11 is 0. The molecule has 11 nitrogen and oxygen atoms in total. The Morgan fingerprint density at radius 3 is 2.63 bits per heavy atom. The highest BCUT2D eigenvalue weighted by Gasteiger charge is 2.13. The molecule has 38 heavy (non-hydrogen) atoms. The van der Waals surface area contributed by atoms with Crippen molar-refractivity contribution in [1.82, 2.24) is 9.97 Å². The van der Waals surface area contributed by atoms with Gasteiger partial charge in [0.15, 0.2) is 0 Å². The number of hydrogen-bond donors (Lipinski definition) is 3. The maximum absolute atomic E-state index is 12.2. The molecule has 0 saturated heterocycles. The number of anilines is 3. The van der Waals surface area contributed by atoms with Gasteiger partial charge in [0.2, 0.25) is 5.95 Å². The summed E-state index contributed by atoms with van der Waals surface area (Å²) in [7, 11) is -0.516. The van der Waals surface area contributed by atoms with Crippen LogP contribution in [0.5, 0.6) is 0 Å². The Hall–Kier alpha value is -4.03. The molecule has 1 unspecified atom stereocenters. The first-order chi connectivity index (χ1) is 18.3. The van der Waals surface area contributed by atoms with E-state index in [1.807, 2.05) is 31.2 Å². The van der Waals surface area contributed by atoms with E-state index in [1.54, 1.807) is 37.4 Å². The molecule has 0 spiro atoms. The zero-order valence-electron chi connectivity index (χ0n) is 21.3. The predicted octanol–water partition coefficient (Wildman–Crippen LogP) is 4.45. The van der Waals surface area contributed by atoms with E-state index in [9.17, 15) is 18.9 Å². The Morgan fingerprint density at radius 1 is 1.18 bits per heavy atom. The molecule has 0 aliphatic heterocycles. The van der Waals surface area contributed by atoms with Gasteiger partial charge in [-0.1, -0.05) is 41.3 Å². The Balaban J connectivity index is 1.83. The smallest absolute Gasteiger partial charge is 0.410 e. The highest BCUT2D eigenvalue weighted by Crippen LogP contribution is 2.29. The summed E-state index contributed by atoms with van der Waals surface area (Å²) in [6.07, 6.45) is 1.59. The first kappa shape index (κ1) is 28.5. The molecule has 3 rings (SSSR count). The highest BCUT2D eigenvalue weighted by atomic mass is 32.2. The van der Waals surface area contributed by atoms with Gasteiger partial charge >= 0.3 is 12.1 Å². The van der Waals surface area contributed by atoms with Crippen molar-refractivity contribution >= 4 is 40.1 Å². The minimum absolute atomic E-state index is 0.0964. The van der Waals surface area contributed by atoms with Crippen molar-refractivity contribution in [3.05, 3.63) is 60.3 Å². The first-order valence-electron chi connectivity index (χ1n) is 11.9. The van der Waals surface area contributed by atoms with Crippen LogP contribution in [0, 0.1) is 0 Å². The summed E-state index contributed by atoms with van der Waals surface area (Å²) in [6.45, 7) is 3.52. The summed E-state index contributed by atoms with van der Waals surface area (Å²) in [5.74, 6) is 0.536. The highest BCUT2D eigenvalue weighted by molar-refractivity contribution is 7.75. The molecule has 0 radical (unpaired) electrons. The Bertz CT molecular complexity index is 1340. The van der Waals surface area contributed by atoms with Gasteiger partial charge in [0, 0.05) is 29.9 Å². The van der Waals surface area contributed by atoms with Crippen LogP contribution in [-0.2, 0) is 35.5 Å². The van der Waals surface area contributed by atoms with Crippen LogP contribution in [0.15, 0.2) is 64.0 Å². The van der Waals surface area contributed by atoms with Gasteiger partial charge in [-0.15, -0.1) is 10.6 Å². The molecule has 2 aromatic carbocycles. The average molecular weight is 541 g/mol. The number of carbonyl (C=O) groups excluding carboxylic acids is 2. The molecule has 0 aliphatic carbocycles. The number of ether oxygens (including phenoxy) is 2. The van der Waals surface area contributed by atoms with E-state index in [0.717, 1.165) is 16.7 Å². The van der Waals surface area contributed by atoms with Gasteiger partial charge in [-0.05, 0) is 43.5 Å². The van der Waals surface area contributed by atoms with E-state index in [1.165, 1.54) is 7.11 Å². The topological polar surface area (TPSA) is 152 Å². The molecule has 1 amide bonds. The first-order valence-corrected chi connectivity index (χ1v) is 13.0. The van der Waals surface area contributed by atoms with Crippen molar-refractivity contribution in [3.8, 4) is 11.1 Å². The number of amides is 1. The lowest BCUT2D eigenvalue weighted by Crippen LogP contribution is -2.21. The van der Waals surface area contributed by atoms with Gasteiger partial charge in [0.05, 0.1) is 20.3 Å². The number of methoxy groups -OCH3 is 1. The van der Waals surface area contributed by atoms with E-state index < -0.39 is 16.7 Å². The third-order valence-corrected chi connectivity index (χ3v) is 6.26. The number of esters is 1. The molecule has 0 fully saturated rings. The SMILES string of the molecule is CCOC(=O)N=[S-](=O)c1ccc(Nc2ncc(-c3cccc(CCC(=O)OC)c3)c(NC(C)CO)n2)cc1. The van der Waals surface area contributed by atoms with Crippen LogP contribution in [0.2, 0.25) is 0 Å². The van der Waals surface area contributed by atoms with Gasteiger partial charge in [0.25, 0.3) is 0 Å². The number of aryl methyl sites for hydroxylation is 1. The number of aromatic nitrogens is 2. The molecule has 0 aliphatic rings. The van der Waals surface area contributed by atoms with Gasteiger partial charge in [-0.25, -0.2) is 9.78 Å². The van der Waals surface area contributed by atoms with E-state index in [0.29, 0.717) is 28.8 Å². The maximum Gasteiger partial charge on any atom is 0.410 e. The van der Waals surface area contributed by atoms with Crippen LogP contribution >= 0.6 is 0 Å². The second-order valence-corrected chi connectivity index (χ2v) is 9.30. The van der Waals surface area contributed by atoms with Crippen LogP contribution in [-0.4, -0.2) is 53.5 Å². The van der Waals surface area contributed by atoms with Crippen LogP contribution in [0.3, 0.4) is 0 Å². The average Bonchev–Trinajstić information content (AvgIpc) is 2.92. The zero-order valence-corrected chi connectivity index (χ0v) is 22.2. The number of nitrogens with one attached hydrogen (secondary N) is 2. The van der Waals surface area contributed by atoms with Crippen molar-refractivity contribution in [2.24, 2.45) is 4.36 Å². The summed E-state index contributed by atoms with van der Waals surface area (Å²) in [5.41, 5.74) is 3.16. The van der Waals surface area contributed by atoms with Crippen LogP contribution in [0.1, 0.15) is 25.8 Å². The van der Waals surface area contributed by atoms with Crippen molar-refractivity contribution in [2.45, 2.75) is 37.6 Å². The summed E-state index contributed by atoms with van der Waals surface area (Å²) in [4.78, 5) is 32.4. The van der Waals surface area contributed by atoms with Crippen LogP contribution in [0.4, 0.5) is 22.2 Å². The number of benzene rings is 2. The van der Waals surface area contributed by atoms with Crippen LogP contribution < -0.4 is 10.6 Å². The molecule has 3 N–H and O–H groups in total. The largest absolute Gasteiger partial charge is 0.469 e. The van der Waals surface area contributed by atoms with Crippen molar-refractivity contribution in [2.75, 3.05) is 31.0 Å². The molecule has 1 atom stereocenters. The molecule has 12 heteroatoms. The van der Waals surface area contributed by atoms with Crippen molar-refractivity contribution in [3.63, 3.8) is 0 Å². The summed E-state index contributed by atoms with van der Waals surface area (Å²) in [6, 6.07) is 13.9. The predicted molar refractivity (Wildman–Crippen MR) is 143 cm³/mol. The third-order valence-electron chi connectivity index (χ3n) is 5.27. The zero-order chi connectivity index (χ0) is 27.5. The molecule has 1 aromatic heterocycles. The number of aliphatic hydroxyl groups is 1. The van der Waals surface area contributed by atoms with E-state index in [2.05, 4.69) is 29.7 Å². The molecule has 3 aromatic rings. The second-order valence-electron chi connectivity index (χ2n) is 8.15. The lowest BCUT2D eigenvalue weighted by atomic mass is 10.0. The fraction of sp³-hybridized carbons (Fsp3) is 0.308. The standard InChI is InChI=1S/C26H30N5O6S/c1-4-37-26(34)31-38(35)21-11-9-20(10-12-21)29-25-27-15-22(24(30-25)28-17(2)16-32)19-7-5-6-18(14-19)8-13-23(33)36-3/h5-7,9-12,14-15,17,32H,4,8,13,16H2,1-3H3,(H2,27,28,29,30)/q-1. The molecular formula is C26H30N5O6S-. The minimum atomic E-state index is -1.88. The second kappa shape index (κ2) is 14.1. The molecule has 1 heterocycles. The summed E-state index contributed by atoms with van der Waals surface area (Å²) < 4.78 is 25.1. The van der Waals surface area contributed by atoms with Gasteiger partial charge in [-0.2, -0.15) is 4.98 Å².